The number of rotatable bonds is 2. The molecule has 0 atom stereocenters. The largest absolute Gasteiger partial charge is 0.238 e. The lowest BCUT2D eigenvalue weighted by Crippen LogP contribution is -1.88. The molecular formula is C18H10N4. The van der Waals surface area contributed by atoms with Crippen LogP contribution in [0.5, 0.6) is 0 Å². The van der Waals surface area contributed by atoms with E-state index in [0.29, 0.717) is 5.69 Å². The Morgan fingerprint density at radius 3 is 1.68 bits per heavy atom. The van der Waals surface area contributed by atoms with Gasteiger partial charge in [0, 0.05) is 18.0 Å². The van der Waals surface area contributed by atoms with Crippen LogP contribution in [0.25, 0.3) is 27.1 Å². The lowest BCUT2D eigenvalue weighted by Gasteiger charge is -2.05. The summed E-state index contributed by atoms with van der Waals surface area (Å²) >= 11 is 0. The van der Waals surface area contributed by atoms with E-state index >= 15 is 0 Å². The van der Waals surface area contributed by atoms with Crippen molar-refractivity contribution in [2.24, 2.45) is 0 Å². The molecule has 0 saturated carbocycles. The van der Waals surface area contributed by atoms with Gasteiger partial charge in [0.1, 0.15) is 6.07 Å². The van der Waals surface area contributed by atoms with Crippen LogP contribution in [0.15, 0.2) is 60.9 Å². The maximum absolute atomic E-state index is 8.71. The van der Waals surface area contributed by atoms with Crippen molar-refractivity contribution < 1.29 is 0 Å². The van der Waals surface area contributed by atoms with Crippen LogP contribution in [-0.2, 0) is 0 Å². The number of aromatic nitrogens is 2. The van der Waals surface area contributed by atoms with Gasteiger partial charge in [0.25, 0.3) is 0 Å². The first-order valence-electron chi connectivity index (χ1n) is 6.60. The Kier molecular flexibility index (Phi) is 3.59. The lowest BCUT2D eigenvalue weighted by atomic mass is 10.0. The second-order valence-electron chi connectivity index (χ2n) is 4.64. The highest BCUT2D eigenvalue weighted by atomic mass is 14.9. The summed E-state index contributed by atoms with van der Waals surface area (Å²) in [7, 11) is 0. The fourth-order valence-electron chi connectivity index (χ4n) is 2.12. The Bertz CT molecular complexity index is 788. The second-order valence-corrected chi connectivity index (χ2v) is 4.64. The maximum atomic E-state index is 8.71. The molecule has 0 fully saturated rings. The molecule has 0 aliphatic heterocycles. The minimum Gasteiger partial charge on any atom is -0.238 e. The van der Waals surface area contributed by atoms with Gasteiger partial charge in [-0.3, -0.25) is 0 Å². The van der Waals surface area contributed by atoms with Gasteiger partial charge in [-0.05, 0) is 16.7 Å². The topological polar surface area (TPSA) is 53.9 Å². The van der Waals surface area contributed by atoms with Crippen molar-refractivity contribution in [3.05, 3.63) is 78.2 Å². The zero-order valence-electron chi connectivity index (χ0n) is 11.6. The van der Waals surface area contributed by atoms with Gasteiger partial charge in [-0.2, -0.15) is 5.26 Å². The van der Waals surface area contributed by atoms with E-state index in [1.54, 1.807) is 12.4 Å². The lowest BCUT2D eigenvalue weighted by molar-refractivity contribution is 1.12. The van der Waals surface area contributed by atoms with Crippen molar-refractivity contribution in [1.29, 1.82) is 5.26 Å². The van der Waals surface area contributed by atoms with Gasteiger partial charge in [0.05, 0.1) is 6.57 Å². The third-order valence-electron chi connectivity index (χ3n) is 3.30. The molecule has 22 heavy (non-hydrogen) atoms. The average Bonchev–Trinajstić information content (AvgIpc) is 2.62. The van der Waals surface area contributed by atoms with Gasteiger partial charge in [-0.15, -0.1) is 0 Å². The Hall–Kier alpha value is -3.50. The zero-order chi connectivity index (χ0) is 15.4. The van der Waals surface area contributed by atoms with E-state index in [-0.39, 0.29) is 5.82 Å². The highest BCUT2D eigenvalue weighted by molar-refractivity contribution is 5.70. The summed E-state index contributed by atoms with van der Waals surface area (Å²) in [5, 5.41) is 8.71. The van der Waals surface area contributed by atoms with Crippen LogP contribution in [0.3, 0.4) is 0 Å². The van der Waals surface area contributed by atoms with Crippen molar-refractivity contribution >= 4 is 5.69 Å². The summed E-state index contributed by atoms with van der Waals surface area (Å²) in [6.45, 7) is 6.96. The Labute approximate surface area is 128 Å². The van der Waals surface area contributed by atoms with Gasteiger partial charge in [0.15, 0.2) is 5.69 Å². The first kappa shape index (κ1) is 13.5. The molecule has 3 rings (SSSR count). The van der Waals surface area contributed by atoms with Crippen LogP contribution in [0.4, 0.5) is 5.69 Å². The molecule has 0 aliphatic carbocycles. The van der Waals surface area contributed by atoms with Crippen LogP contribution < -0.4 is 0 Å². The predicted octanol–water partition coefficient (Wildman–Crippen LogP) is 4.23. The Morgan fingerprint density at radius 1 is 0.773 bits per heavy atom. The summed E-state index contributed by atoms with van der Waals surface area (Å²) in [5.74, 6) is 0.167. The first-order chi connectivity index (χ1) is 10.8. The molecular weight excluding hydrogens is 272 g/mol. The van der Waals surface area contributed by atoms with Crippen LogP contribution in [0.2, 0.25) is 0 Å². The zero-order valence-corrected chi connectivity index (χ0v) is 11.6. The summed E-state index contributed by atoms with van der Waals surface area (Å²) < 4.78 is 0. The quantitative estimate of drug-likeness (QED) is 0.661. The molecule has 0 N–H and O–H groups in total. The number of benzene rings is 2. The average molecular weight is 282 g/mol. The van der Waals surface area contributed by atoms with Crippen molar-refractivity contribution in [3.8, 4) is 28.3 Å². The van der Waals surface area contributed by atoms with Crippen LogP contribution in [0.1, 0.15) is 5.82 Å². The van der Waals surface area contributed by atoms with E-state index in [4.69, 9.17) is 11.8 Å². The normalized spacial score (nSPS) is 9.73. The van der Waals surface area contributed by atoms with Crippen molar-refractivity contribution in [1.82, 2.24) is 9.97 Å². The monoisotopic (exact) mass is 282 g/mol. The van der Waals surface area contributed by atoms with Crippen molar-refractivity contribution in [3.63, 3.8) is 0 Å². The number of hydrogen-bond acceptors (Lipinski definition) is 3. The number of nitrogens with zero attached hydrogens (tertiary/aromatic N) is 4. The number of hydrogen-bond donors (Lipinski definition) is 0. The maximum Gasteiger partial charge on any atom is 0.232 e. The molecule has 0 amide bonds. The van der Waals surface area contributed by atoms with E-state index < -0.39 is 0 Å². The highest BCUT2D eigenvalue weighted by Gasteiger charge is 2.02. The van der Waals surface area contributed by atoms with Crippen LogP contribution in [0, 0.1) is 17.9 Å². The van der Waals surface area contributed by atoms with Gasteiger partial charge in [-0.1, -0.05) is 48.5 Å². The Balaban J connectivity index is 1.88. The molecule has 3 aromatic rings. The summed E-state index contributed by atoms with van der Waals surface area (Å²) in [5.41, 5.74) is 4.64. The molecule has 0 aliphatic rings. The van der Waals surface area contributed by atoms with E-state index in [1.807, 2.05) is 54.6 Å². The number of nitriles is 1. The highest BCUT2D eigenvalue weighted by Crippen LogP contribution is 2.25. The van der Waals surface area contributed by atoms with E-state index in [1.165, 1.54) is 0 Å². The molecule has 0 spiro atoms. The molecule has 0 unspecified atom stereocenters. The molecule has 2 aromatic carbocycles. The fourth-order valence-corrected chi connectivity index (χ4v) is 2.12. The van der Waals surface area contributed by atoms with Gasteiger partial charge in [0.2, 0.25) is 5.82 Å². The van der Waals surface area contributed by atoms with Crippen molar-refractivity contribution in [2.45, 2.75) is 0 Å². The fraction of sp³-hybridized carbons (Fsp3) is 0. The van der Waals surface area contributed by atoms with Gasteiger partial charge in [-0.25, -0.2) is 14.8 Å². The minimum atomic E-state index is 0.167. The summed E-state index contributed by atoms with van der Waals surface area (Å²) in [6.07, 6.45) is 3.29. The second kappa shape index (κ2) is 5.87. The molecule has 0 bridgehead atoms. The first-order valence-corrected chi connectivity index (χ1v) is 6.60. The molecule has 4 heteroatoms. The third kappa shape index (κ3) is 2.67. The van der Waals surface area contributed by atoms with Crippen molar-refractivity contribution in [2.75, 3.05) is 0 Å². The molecule has 102 valence electrons. The molecule has 4 nitrogen and oxygen atoms in total. The van der Waals surface area contributed by atoms with Gasteiger partial charge < -0.3 is 0 Å². The van der Waals surface area contributed by atoms with Crippen LogP contribution >= 0.6 is 0 Å². The standard InChI is InChI=1S/C18H10N4/c1-20-17-8-6-14(7-9-17)13-2-4-15(5-3-13)16-11-21-18(10-19)22-12-16/h2-9,11-12H. The smallest absolute Gasteiger partial charge is 0.232 e. The minimum absolute atomic E-state index is 0.167. The van der Waals surface area contributed by atoms with E-state index in [9.17, 15) is 0 Å². The SMILES string of the molecule is [C-]#[N+]c1ccc(-c2ccc(-c3cnc(C#N)nc3)cc2)cc1. The molecule has 0 radical (unpaired) electrons. The summed E-state index contributed by atoms with van der Waals surface area (Å²) in [6, 6.07) is 17.4. The van der Waals surface area contributed by atoms with E-state index in [2.05, 4.69) is 14.8 Å². The Morgan fingerprint density at radius 2 is 1.23 bits per heavy atom. The molecule has 1 aromatic heterocycles. The summed E-state index contributed by atoms with van der Waals surface area (Å²) in [4.78, 5) is 11.3. The van der Waals surface area contributed by atoms with E-state index in [0.717, 1.165) is 22.3 Å². The molecule has 1 heterocycles. The molecule has 0 saturated heterocycles. The van der Waals surface area contributed by atoms with Gasteiger partial charge >= 0.3 is 0 Å². The predicted molar refractivity (Wildman–Crippen MR) is 83.9 cm³/mol. The third-order valence-corrected chi connectivity index (χ3v) is 3.30. The van der Waals surface area contributed by atoms with Crippen LogP contribution in [-0.4, -0.2) is 9.97 Å².